The number of hydrogen-bond acceptors (Lipinski definition) is 3. The van der Waals surface area contributed by atoms with Gasteiger partial charge in [-0.3, -0.25) is 0 Å². The molecule has 27 heavy (non-hydrogen) atoms. The van der Waals surface area contributed by atoms with Crippen LogP contribution in [0.3, 0.4) is 0 Å². The fourth-order valence-electron chi connectivity index (χ4n) is 8.61. The summed E-state index contributed by atoms with van der Waals surface area (Å²) in [4.78, 5) is 0. The van der Waals surface area contributed by atoms with E-state index in [1.165, 1.54) is 44.9 Å². The summed E-state index contributed by atoms with van der Waals surface area (Å²) in [5.74, 6) is 4.04. The average Bonchev–Trinajstić information content (AvgIpc) is 3.00. The van der Waals surface area contributed by atoms with E-state index in [2.05, 4.69) is 20.8 Å². The SMILES string of the molecule is CCC(OCCO)[C@H]1CC[C@H]2[C@@H]3CCC4C[C@@H](O)CC[C@]4(C)[C@H]3CC[C@]12C. The molecule has 0 heterocycles. The van der Waals surface area contributed by atoms with E-state index in [0.29, 0.717) is 29.5 Å². The monoisotopic (exact) mass is 378 g/mol. The Morgan fingerprint density at radius 1 is 0.963 bits per heavy atom. The maximum atomic E-state index is 10.2. The number of hydrogen-bond donors (Lipinski definition) is 2. The first kappa shape index (κ1) is 20.2. The molecule has 4 rings (SSSR count). The van der Waals surface area contributed by atoms with Gasteiger partial charge in [-0.05, 0) is 105 Å². The summed E-state index contributed by atoms with van der Waals surface area (Å²) in [5, 5.41) is 19.4. The second-order valence-corrected chi connectivity index (χ2v) is 10.9. The number of fused-ring (bicyclic) bond motifs is 5. The second-order valence-electron chi connectivity index (χ2n) is 10.9. The lowest BCUT2D eigenvalue weighted by atomic mass is 9.44. The van der Waals surface area contributed by atoms with Crippen LogP contribution in [0.2, 0.25) is 0 Å². The van der Waals surface area contributed by atoms with Gasteiger partial charge in [0.15, 0.2) is 0 Å². The Morgan fingerprint density at radius 3 is 2.44 bits per heavy atom. The van der Waals surface area contributed by atoms with E-state index in [9.17, 15) is 10.2 Å². The highest BCUT2D eigenvalue weighted by Crippen LogP contribution is 2.68. The standard InChI is InChI=1S/C24H42O3/c1-4-22(27-14-13-25)21-8-7-19-18-6-5-16-15-17(26)9-11-23(16,2)20(18)10-12-24(19,21)3/h16-22,25-26H,4-15H2,1-3H3/t16?,17-,18-,19-,20-,21+,22?,23-,24-/m0/s1. The van der Waals surface area contributed by atoms with Crippen molar-refractivity contribution < 1.29 is 14.9 Å². The van der Waals surface area contributed by atoms with Crippen molar-refractivity contribution in [1.82, 2.24) is 0 Å². The predicted molar refractivity (Wildman–Crippen MR) is 108 cm³/mol. The van der Waals surface area contributed by atoms with Crippen LogP contribution in [0.5, 0.6) is 0 Å². The van der Waals surface area contributed by atoms with E-state index in [-0.39, 0.29) is 12.7 Å². The first-order chi connectivity index (χ1) is 12.9. The van der Waals surface area contributed by atoms with Gasteiger partial charge in [-0.25, -0.2) is 0 Å². The van der Waals surface area contributed by atoms with Crippen molar-refractivity contribution in [2.24, 2.45) is 40.4 Å². The Kier molecular flexibility index (Phi) is 5.68. The Hall–Kier alpha value is -0.120. The van der Waals surface area contributed by atoms with Crippen molar-refractivity contribution in [1.29, 1.82) is 0 Å². The van der Waals surface area contributed by atoms with E-state index in [4.69, 9.17) is 4.74 Å². The van der Waals surface area contributed by atoms with Crippen molar-refractivity contribution in [3.8, 4) is 0 Å². The summed E-state index contributed by atoms with van der Waals surface area (Å²) >= 11 is 0. The van der Waals surface area contributed by atoms with Crippen LogP contribution in [0.25, 0.3) is 0 Å². The van der Waals surface area contributed by atoms with Crippen LogP contribution < -0.4 is 0 Å². The molecule has 4 saturated carbocycles. The topological polar surface area (TPSA) is 49.7 Å². The predicted octanol–water partition coefficient (Wildman–Crippen LogP) is 4.79. The van der Waals surface area contributed by atoms with Gasteiger partial charge in [0, 0.05) is 0 Å². The highest BCUT2D eigenvalue weighted by atomic mass is 16.5. The third kappa shape index (κ3) is 3.20. The molecule has 2 N–H and O–H groups in total. The molecule has 4 aliphatic carbocycles. The zero-order valence-corrected chi connectivity index (χ0v) is 17.8. The van der Waals surface area contributed by atoms with Crippen LogP contribution in [0.15, 0.2) is 0 Å². The van der Waals surface area contributed by atoms with Crippen LogP contribution in [-0.2, 0) is 4.74 Å². The van der Waals surface area contributed by atoms with Crippen molar-refractivity contribution in [2.75, 3.05) is 13.2 Å². The third-order valence-electron chi connectivity index (χ3n) is 9.99. The van der Waals surface area contributed by atoms with E-state index in [1.807, 2.05) is 0 Å². The molecule has 0 bridgehead atoms. The van der Waals surface area contributed by atoms with Crippen LogP contribution in [0.4, 0.5) is 0 Å². The number of aliphatic hydroxyl groups is 2. The molecular weight excluding hydrogens is 336 g/mol. The van der Waals surface area contributed by atoms with Gasteiger partial charge in [0.1, 0.15) is 0 Å². The highest BCUT2D eigenvalue weighted by Gasteiger charge is 2.60. The first-order valence-electron chi connectivity index (χ1n) is 11.8. The largest absolute Gasteiger partial charge is 0.394 e. The fourth-order valence-corrected chi connectivity index (χ4v) is 8.61. The molecule has 0 aromatic heterocycles. The smallest absolute Gasteiger partial charge is 0.0701 e. The maximum Gasteiger partial charge on any atom is 0.0701 e. The molecule has 9 atom stereocenters. The summed E-state index contributed by atoms with van der Waals surface area (Å²) in [6, 6.07) is 0. The zero-order valence-electron chi connectivity index (χ0n) is 17.8. The molecule has 3 heteroatoms. The van der Waals surface area contributed by atoms with E-state index >= 15 is 0 Å². The van der Waals surface area contributed by atoms with Crippen molar-refractivity contribution in [3.05, 3.63) is 0 Å². The van der Waals surface area contributed by atoms with Gasteiger partial charge in [0.05, 0.1) is 25.4 Å². The minimum atomic E-state index is -0.0432. The van der Waals surface area contributed by atoms with Gasteiger partial charge in [0.2, 0.25) is 0 Å². The van der Waals surface area contributed by atoms with Gasteiger partial charge in [0.25, 0.3) is 0 Å². The molecule has 156 valence electrons. The molecule has 0 radical (unpaired) electrons. The number of rotatable bonds is 5. The molecule has 2 unspecified atom stereocenters. The van der Waals surface area contributed by atoms with E-state index in [0.717, 1.165) is 42.9 Å². The quantitative estimate of drug-likeness (QED) is 0.723. The van der Waals surface area contributed by atoms with Crippen molar-refractivity contribution in [3.63, 3.8) is 0 Å². The first-order valence-corrected chi connectivity index (χ1v) is 11.8. The lowest BCUT2D eigenvalue weighted by Gasteiger charge is -2.61. The Balaban J connectivity index is 1.53. The van der Waals surface area contributed by atoms with Gasteiger partial charge in [-0.1, -0.05) is 20.8 Å². The molecule has 3 nitrogen and oxygen atoms in total. The molecular formula is C24H42O3. The van der Waals surface area contributed by atoms with Crippen molar-refractivity contribution >= 4 is 0 Å². The Bertz CT molecular complexity index is 522. The Morgan fingerprint density at radius 2 is 1.70 bits per heavy atom. The minimum absolute atomic E-state index is 0.0432. The summed E-state index contributed by atoms with van der Waals surface area (Å²) in [6.45, 7) is 8.04. The minimum Gasteiger partial charge on any atom is -0.394 e. The van der Waals surface area contributed by atoms with Crippen LogP contribution >= 0.6 is 0 Å². The zero-order chi connectivity index (χ0) is 19.2. The lowest BCUT2D eigenvalue weighted by molar-refractivity contribution is -0.137. The van der Waals surface area contributed by atoms with Crippen molar-refractivity contribution in [2.45, 2.75) is 97.2 Å². The highest BCUT2D eigenvalue weighted by molar-refractivity contribution is 5.10. The normalized spacial score (nSPS) is 50.6. The fraction of sp³-hybridized carbons (Fsp3) is 1.00. The molecule has 0 aliphatic heterocycles. The van der Waals surface area contributed by atoms with Crippen LogP contribution in [0, 0.1) is 40.4 Å². The summed E-state index contributed by atoms with van der Waals surface area (Å²) < 4.78 is 6.11. The molecule has 4 aliphatic rings. The summed E-state index contributed by atoms with van der Waals surface area (Å²) in [5.41, 5.74) is 0.897. The average molecular weight is 379 g/mol. The maximum absolute atomic E-state index is 10.2. The number of ether oxygens (including phenoxy) is 1. The third-order valence-corrected chi connectivity index (χ3v) is 9.99. The van der Waals surface area contributed by atoms with E-state index in [1.54, 1.807) is 0 Å². The van der Waals surface area contributed by atoms with Crippen LogP contribution in [0.1, 0.15) is 85.0 Å². The molecule has 0 aromatic carbocycles. The van der Waals surface area contributed by atoms with Gasteiger partial charge in [-0.2, -0.15) is 0 Å². The molecule has 0 saturated heterocycles. The van der Waals surface area contributed by atoms with E-state index < -0.39 is 0 Å². The lowest BCUT2D eigenvalue weighted by Crippen LogP contribution is -2.54. The van der Waals surface area contributed by atoms with Gasteiger partial charge < -0.3 is 14.9 Å². The molecule has 0 aromatic rings. The Labute approximate surface area is 166 Å². The molecule has 0 amide bonds. The second kappa shape index (κ2) is 7.61. The van der Waals surface area contributed by atoms with Gasteiger partial charge >= 0.3 is 0 Å². The van der Waals surface area contributed by atoms with Gasteiger partial charge in [-0.15, -0.1) is 0 Å². The summed E-state index contributed by atoms with van der Waals surface area (Å²) in [6.07, 6.45) is 12.8. The molecule has 0 spiro atoms. The van der Waals surface area contributed by atoms with Crippen LogP contribution in [-0.4, -0.2) is 35.6 Å². The summed E-state index contributed by atoms with van der Waals surface area (Å²) in [7, 11) is 0. The molecule has 4 fully saturated rings. The number of aliphatic hydroxyl groups excluding tert-OH is 2.